The summed E-state index contributed by atoms with van der Waals surface area (Å²) in [6.07, 6.45) is 5.12. The van der Waals surface area contributed by atoms with Crippen LogP contribution in [0, 0.1) is 5.92 Å². The van der Waals surface area contributed by atoms with Crippen LogP contribution in [0.5, 0.6) is 0 Å². The number of aliphatic hydroxyl groups excluding tert-OH is 1. The second-order valence-electron chi connectivity index (χ2n) is 2.75. The van der Waals surface area contributed by atoms with E-state index < -0.39 is 6.23 Å². The van der Waals surface area contributed by atoms with Gasteiger partial charge in [-0.1, -0.05) is 19.9 Å². The molecule has 56 valence electrons. The summed E-state index contributed by atoms with van der Waals surface area (Å²) in [5.74, 6) is 0.410. The van der Waals surface area contributed by atoms with Crippen LogP contribution in [0.2, 0.25) is 0 Å². The molecule has 0 aromatic rings. The predicted octanol–water partition coefficient (Wildman–Crippen LogP) is 1.00. The van der Waals surface area contributed by atoms with Crippen molar-refractivity contribution in [3.05, 3.63) is 23.9 Å². The van der Waals surface area contributed by atoms with Crippen LogP contribution in [0.1, 0.15) is 13.8 Å². The van der Waals surface area contributed by atoms with E-state index in [-0.39, 0.29) is 0 Å². The Balaban J connectivity index is 2.70. The molecule has 0 radical (unpaired) electrons. The number of nitrogens with one attached hydrogen (secondary N) is 1. The van der Waals surface area contributed by atoms with E-state index in [1.165, 1.54) is 0 Å². The molecule has 2 heteroatoms. The first-order valence-electron chi connectivity index (χ1n) is 3.52. The van der Waals surface area contributed by atoms with E-state index in [9.17, 15) is 5.11 Å². The van der Waals surface area contributed by atoms with Gasteiger partial charge in [-0.3, -0.25) is 0 Å². The summed E-state index contributed by atoms with van der Waals surface area (Å²) in [6.45, 7) is 4.13. The van der Waals surface area contributed by atoms with Crippen LogP contribution in [0.15, 0.2) is 23.9 Å². The first-order valence-corrected chi connectivity index (χ1v) is 3.52. The Hall–Kier alpha value is -0.760. The summed E-state index contributed by atoms with van der Waals surface area (Å²) >= 11 is 0. The van der Waals surface area contributed by atoms with Gasteiger partial charge in [0.25, 0.3) is 0 Å². The number of hydrogen-bond acceptors (Lipinski definition) is 2. The standard InChI is InChI=1S/C8H13NO/c1-6(2)7-4-3-5-9-8(7)10/h3-6,8-10H,1-2H3/t8-/m1/s1. The van der Waals surface area contributed by atoms with Crippen LogP contribution in [0.3, 0.4) is 0 Å². The third-order valence-electron chi connectivity index (χ3n) is 1.62. The molecule has 1 aliphatic heterocycles. The third-order valence-corrected chi connectivity index (χ3v) is 1.62. The minimum Gasteiger partial charge on any atom is -0.370 e. The van der Waals surface area contributed by atoms with Crippen molar-refractivity contribution in [2.45, 2.75) is 20.1 Å². The lowest BCUT2D eigenvalue weighted by atomic mass is 10.00. The van der Waals surface area contributed by atoms with Gasteiger partial charge in [0, 0.05) is 0 Å². The lowest BCUT2D eigenvalue weighted by molar-refractivity contribution is 0.177. The van der Waals surface area contributed by atoms with Gasteiger partial charge in [-0.25, -0.2) is 0 Å². The molecule has 1 aliphatic rings. The molecular weight excluding hydrogens is 126 g/mol. The predicted molar refractivity (Wildman–Crippen MR) is 41.2 cm³/mol. The zero-order valence-electron chi connectivity index (χ0n) is 6.33. The monoisotopic (exact) mass is 139 g/mol. The second-order valence-corrected chi connectivity index (χ2v) is 2.75. The van der Waals surface area contributed by atoms with Crippen molar-refractivity contribution in [1.29, 1.82) is 0 Å². The van der Waals surface area contributed by atoms with E-state index in [0.29, 0.717) is 5.92 Å². The average Bonchev–Trinajstić information content (AvgIpc) is 1.88. The summed E-state index contributed by atoms with van der Waals surface area (Å²) in [7, 11) is 0. The van der Waals surface area contributed by atoms with Crippen LogP contribution in [-0.4, -0.2) is 11.3 Å². The van der Waals surface area contributed by atoms with Crippen molar-refractivity contribution < 1.29 is 5.11 Å². The maximum Gasteiger partial charge on any atom is 0.146 e. The third kappa shape index (κ3) is 1.39. The van der Waals surface area contributed by atoms with Gasteiger partial charge in [0.15, 0.2) is 0 Å². The van der Waals surface area contributed by atoms with Crippen molar-refractivity contribution in [2.75, 3.05) is 0 Å². The van der Waals surface area contributed by atoms with Crippen molar-refractivity contribution in [1.82, 2.24) is 5.32 Å². The van der Waals surface area contributed by atoms with E-state index >= 15 is 0 Å². The van der Waals surface area contributed by atoms with Crippen LogP contribution >= 0.6 is 0 Å². The summed E-state index contributed by atoms with van der Waals surface area (Å²) in [6, 6.07) is 0. The van der Waals surface area contributed by atoms with Crippen molar-refractivity contribution in [3.8, 4) is 0 Å². The van der Waals surface area contributed by atoms with E-state index in [2.05, 4.69) is 19.2 Å². The minimum atomic E-state index is -0.481. The Kier molecular flexibility index (Phi) is 2.12. The van der Waals surface area contributed by atoms with Gasteiger partial charge >= 0.3 is 0 Å². The number of hydrogen-bond donors (Lipinski definition) is 2. The maximum atomic E-state index is 9.31. The molecule has 1 atom stereocenters. The van der Waals surface area contributed by atoms with Gasteiger partial charge < -0.3 is 10.4 Å². The SMILES string of the molecule is CC(C)C1=CC=CN[C@@H]1O. The van der Waals surface area contributed by atoms with Crippen molar-refractivity contribution in [3.63, 3.8) is 0 Å². The Morgan fingerprint density at radius 1 is 1.60 bits per heavy atom. The Labute approximate surface area is 61.3 Å². The fourth-order valence-corrected chi connectivity index (χ4v) is 1.00. The van der Waals surface area contributed by atoms with E-state index in [4.69, 9.17) is 0 Å². The first kappa shape index (κ1) is 7.35. The highest BCUT2D eigenvalue weighted by Gasteiger charge is 2.13. The molecule has 1 rings (SSSR count). The van der Waals surface area contributed by atoms with Crippen molar-refractivity contribution in [2.24, 2.45) is 5.92 Å². The van der Waals surface area contributed by atoms with Gasteiger partial charge in [-0.2, -0.15) is 0 Å². The first-order chi connectivity index (χ1) is 4.72. The maximum absolute atomic E-state index is 9.31. The molecule has 0 fully saturated rings. The Morgan fingerprint density at radius 3 is 2.70 bits per heavy atom. The van der Waals surface area contributed by atoms with E-state index in [0.717, 1.165) is 5.57 Å². The van der Waals surface area contributed by atoms with E-state index in [1.807, 2.05) is 12.2 Å². The normalized spacial score (nSPS) is 24.4. The summed E-state index contributed by atoms with van der Waals surface area (Å²) in [4.78, 5) is 0. The van der Waals surface area contributed by atoms with Gasteiger partial charge in [-0.05, 0) is 23.8 Å². The topological polar surface area (TPSA) is 32.3 Å². The number of rotatable bonds is 1. The molecular formula is C8H13NO. The highest BCUT2D eigenvalue weighted by atomic mass is 16.3. The average molecular weight is 139 g/mol. The molecule has 0 aliphatic carbocycles. The molecule has 2 N–H and O–H groups in total. The minimum absolute atomic E-state index is 0.410. The molecule has 0 amide bonds. The fourth-order valence-electron chi connectivity index (χ4n) is 1.00. The molecule has 0 spiro atoms. The van der Waals surface area contributed by atoms with Crippen LogP contribution in [0.25, 0.3) is 0 Å². The summed E-state index contributed by atoms with van der Waals surface area (Å²) in [5.41, 5.74) is 1.04. The van der Waals surface area contributed by atoms with Gasteiger partial charge in [0.2, 0.25) is 0 Å². The highest BCUT2D eigenvalue weighted by Crippen LogP contribution is 2.14. The molecule has 1 heterocycles. The summed E-state index contributed by atoms with van der Waals surface area (Å²) < 4.78 is 0. The van der Waals surface area contributed by atoms with Gasteiger partial charge in [0.05, 0.1) is 0 Å². The zero-order chi connectivity index (χ0) is 7.56. The zero-order valence-corrected chi connectivity index (χ0v) is 6.33. The quantitative estimate of drug-likeness (QED) is 0.568. The number of dihydropyridines is 1. The van der Waals surface area contributed by atoms with Crippen LogP contribution < -0.4 is 5.32 Å². The number of aliphatic hydroxyl groups is 1. The highest BCUT2D eigenvalue weighted by molar-refractivity contribution is 5.21. The molecule has 0 aromatic heterocycles. The van der Waals surface area contributed by atoms with Crippen molar-refractivity contribution >= 4 is 0 Å². The molecule has 0 bridgehead atoms. The van der Waals surface area contributed by atoms with Crippen LogP contribution in [-0.2, 0) is 0 Å². The molecule has 0 unspecified atom stereocenters. The lowest BCUT2D eigenvalue weighted by Gasteiger charge is -2.20. The molecule has 2 nitrogen and oxygen atoms in total. The van der Waals surface area contributed by atoms with Gasteiger partial charge in [-0.15, -0.1) is 0 Å². The second kappa shape index (κ2) is 2.88. The smallest absolute Gasteiger partial charge is 0.146 e. The fraction of sp³-hybridized carbons (Fsp3) is 0.500. The Bertz CT molecular complexity index is 170. The van der Waals surface area contributed by atoms with Crippen LogP contribution in [0.4, 0.5) is 0 Å². The lowest BCUT2D eigenvalue weighted by Crippen LogP contribution is -2.29. The Morgan fingerprint density at radius 2 is 2.30 bits per heavy atom. The summed E-state index contributed by atoms with van der Waals surface area (Å²) in [5, 5.41) is 12.1. The van der Waals surface area contributed by atoms with E-state index in [1.54, 1.807) is 6.20 Å². The number of allylic oxidation sites excluding steroid dienone is 2. The molecule has 0 saturated carbocycles. The largest absolute Gasteiger partial charge is 0.370 e. The molecule has 10 heavy (non-hydrogen) atoms. The molecule has 0 aromatic carbocycles. The van der Waals surface area contributed by atoms with Gasteiger partial charge in [0.1, 0.15) is 6.23 Å². The molecule has 0 saturated heterocycles.